The van der Waals surface area contributed by atoms with E-state index in [1.54, 1.807) is 30.3 Å². The van der Waals surface area contributed by atoms with Crippen LogP contribution in [0.15, 0.2) is 53.5 Å². The Labute approximate surface area is 172 Å². The summed E-state index contributed by atoms with van der Waals surface area (Å²) in [5.41, 5.74) is 1.09. The summed E-state index contributed by atoms with van der Waals surface area (Å²) in [7, 11) is 3.55. The maximum Gasteiger partial charge on any atom is 0.250 e. The molecule has 2 aromatic rings. The first-order chi connectivity index (χ1) is 14.1. The van der Waals surface area contributed by atoms with Crippen LogP contribution in [0.5, 0.6) is 5.75 Å². The minimum absolute atomic E-state index is 0.0237. The van der Waals surface area contributed by atoms with Crippen LogP contribution in [-0.4, -0.2) is 60.6 Å². The van der Waals surface area contributed by atoms with Gasteiger partial charge in [-0.1, -0.05) is 24.3 Å². The van der Waals surface area contributed by atoms with E-state index >= 15 is 0 Å². The lowest BCUT2D eigenvalue weighted by atomic mass is 9.97. The molecule has 1 amide bonds. The monoisotopic (exact) mass is 397 g/mol. The van der Waals surface area contributed by atoms with Gasteiger partial charge in [-0.3, -0.25) is 9.59 Å². The summed E-state index contributed by atoms with van der Waals surface area (Å²) >= 11 is 0. The Kier molecular flexibility index (Phi) is 7.47. The molecule has 0 spiro atoms. The fraction of sp³-hybridized carbons (Fsp3) is 0.478. The van der Waals surface area contributed by atoms with E-state index in [0.717, 1.165) is 51.2 Å². The van der Waals surface area contributed by atoms with Gasteiger partial charge in [-0.25, -0.2) is 0 Å². The summed E-state index contributed by atoms with van der Waals surface area (Å²) in [5.74, 6) is 1.38. The molecule has 0 radical (unpaired) electrons. The van der Waals surface area contributed by atoms with Gasteiger partial charge in [-0.2, -0.15) is 0 Å². The number of hydrogen-bond donors (Lipinski definition) is 0. The maximum atomic E-state index is 12.5. The van der Waals surface area contributed by atoms with Gasteiger partial charge in [0.15, 0.2) is 0 Å². The SMILES string of the molecule is COc1ccccc1CCN1CCC[C@H](CN(C)C(=O)Cn2ccccc2=O)C1. The summed E-state index contributed by atoms with van der Waals surface area (Å²) in [6, 6.07) is 13.1. The van der Waals surface area contributed by atoms with E-state index in [4.69, 9.17) is 4.74 Å². The lowest BCUT2D eigenvalue weighted by molar-refractivity contribution is -0.131. The molecule has 1 aromatic heterocycles. The zero-order chi connectivity index (χ0) is 20.6. The summed E-state index contributed by atoms with van der Waals surface area (Å²) in [6.07, 6.45) is 4.90. The summed E-state index contributed by atoms with van der Waals surface area (Å²) in [5, 5.41) is 0. The Morgan fingerprint density at radius 3 is 2.79 bits per heavy atom. The minimum Gasteiger partial charge on any atom is -0.496 e. The molecule has 29 heavy (non-hydrogen) atoms. The molecule has 0 unspecified atom stereocenters. The standard InChI is InChI=1S/C23H31N3O3/c1-24(23(28)18-26-14-6-5-11-22(26)27)16-19-8-7-13-25(17-19)15-12-20-9-3-4-10-21(20)29-2/h3-6,9-11,14,19H,7-8,12-13,15-18H2,1-2H3/t19-/m1/s1. The molecule has 1 atom stereocenters. The largest absolute Gasteiger partial charge is 0.496 e. The van der Waals surface area contributed by atoms with Crippen LogP contribution in [-0.2, 0) is 17.8 Å². The Morgan fingerprint density at radius 2 is 2.00 bits per heavy atom. The molecule has 2 heterocycles. The molecule has 1 saturated heterocycles. The summed E-state index contributed by atoms with van der Waals surface area (Å²) < 4.78 is 6.91. The third-order valence-corrected chi connectivity index (χ3v) is 5.66. The third-order valence-electron chi connectivity index (χ3n) is 5.66. The zero-order valence-corrected chi connectivity index (χ0v) is 17.4. The van der Waals surface area contributed by atoms with Crippen molar-refractivity contribution < 1.29 is 9.53 Å². The van der Waals surface area contributed by atoms with Crippen LogP contribution < -0.4 is 10.3 Å². The number of ether oxygens (including phenoxy) is 1. The number of amides is 1. The van der Waals surface area contributed by atoms with Gasteiger partial charge in [-0.05, 0) is 49.4 Å². The second kappa shape index (κ2) is 10.3. The smallest absolute Gasteiger partial charge is 0.250 e. The molecule has 6 nitrogen and oxygen atoms in total. The third kappa shape index (κ3) is 5.94. The highest BCUT2D eigenvalue weighted by atomic mass is 16.5. The Balaban J connectivity index is 1.49. The van der Waals surface area contributed by atoms with Crippen molar-refractivity contribution >= 4 is 5.91 Å². The fourth-order valence-electron chi connectivity index (χ4n) is 4.04. The van der Waals surface area contributed by atoms with Gasteiger partial charge in [0.1, 0.15) is 12.3 Å². The van der Waals surface area contributed by atoms with Gasteiger partial charge in [0.05, 0.1) is 7.11 Å². The lowest BCUT2D eigenvalue weighted by Crippen LogP contribution is -2.43. The normalized spacial score (nSPS) is 17.1. The number of para-hydroxylation sites is 1. The molecule has 1 aliphatic rings. The predicted molar refractivity (Wildman–Crippen MR) is 114 cm³/mol. The average molecular weight is 398 g/mol. The van der Waals surface area contributed by atoms with Crippen LogP contribution >= 0.6 is 0 Å². The fourth-order valence-corrected chi connectivity index (χ4v) is 4.04. The van der Waals surface area contributed by atoms with Gasteiger partial charge in [0.2, 0.25) is 5.91 Å². The van der Waals surface area contributed by atoms with E-state index in [-0.39, 0.29) is 18.0 Å². The van der Waals surface area contributed by atoms with E-state index in [0.29, 0.717) is 5.92 Å². The van der Waals surface area contributed by atoms with Crippen LogP contribution in [0.25, 0.3) is 0 Å². The Hall–Kier alpha value is -2.60. The number of nitrogens with zero attached hydrogens (tertiary/aromatic N) is 3. The number of hydrogen-bond acceptors (Lipinski definition) is 4. The summed E-state index contributed by atoms with van der Waals surface area (Å²) in [6.45, 7) is 3.92. The highest BCUT2D eigenvalue weighted by Crippen LogP contribution is 2.21. The van der Waals surface area contributed by atoms with Crippen molar-refractivity contribution in [2.75, 3.05) is 40.3 Å². The van der Waals surface area contributed by atoms with Crippen molar-refractivity contribution in [2.24, 2.45) is 5.92 Å². The van der Waals surface area contributed by atoms with Crippen LogP contribution in [0.2, 0.25) is 0 Å². The minimum atomic E-state index is -0.144. The van der Waals surface area contributed by atoms with E-state index < -0.39 is 0 Å². The number of rotatable bonds is 8. The molecule has 0 aliphatic carbocycles. The van der Waals surface area contributed by atoms with Crippen molar-refractivity contribution in [3.05, 3.63) is 64.6 Å². The second-order valence-corrected chi connectivity index (χ2v) is 7.81. The highest BCUT2D eigenvalue weighted by Gasteiger charge is 2.23. The topological polar surface area (TPSA) is 54.8 Å². The molecule has 0 saturated carbocycles. The van der Waals surface area contributed by atoms with Gasteiger partial charge < -0.3 is 19.1 Å². The van der Waals surface area contributed by atoms with Crippen molar-refractivity contribution in [3.63, 3.8) is 0 Å². The number of carbonyl (C=O) groups excluding carboxylic acids is 1. The summed E-state index contributed by atoms with van der Waals surface area (Å²) in [4.78, 5) is 28.6. The first-order valence-electron chi connectivity index (χ1n) is 10.3. The van der Waals surface area contributed by atoms with Crippen LogP contribution in [0.3, 0.4) is 0 Å². The first-order valence-corrected chi connectivity index (χ1v) is 10.3. The number of piperidine rings is 1. The second-order valence-electron chi connectivity index (χ2n) is 7.81. The van der Waals surface area contributed by atoms with Crippen LogP contribution in [0.4, 0.5) is 0 Å². The van der Waals surface area contributed by atoms with Crippen molar-refractivity contribution in [3.8, 4) is 5.75 Å². The van der Waals surface area contributed by atoms with Crippen LogP contribution in [0.1, 0.15) is 18.4 Å². The predicted octanol–water partition coefficient (Wildman–Crippen LogP) is 2.27. The molecule has 1 aliphatic heterocycles. The molecule has 0 N–H and O–H groups in total. The number of likely N-dealkylation sites (N-methyl/N-ethyl adjacent to an activating group) is 1. The molecule has 6 heteroatoms. The first kappa shape index (κ1) is 21.1. The molecule has 3 rings (SSSR count). The molecule has 0 bridgehead atoms. The quantitative estimate of drug-likeness (QED) is 0.686. The van der Waals surface area contributed by atoms with E-state index in [9.17, 15) is 9.59 Å². The number of aromatic nitrogens is 1. The van der Waals surface area contributed by atoms with Gasteiger partial charge in [-0.15, -0.1) is 0 Å². The molecule has 156 valence electrons. The zero-order valence-electron chi connectivity index (χ0n) is 17.4. The lowest BCUT2D eigenvalue weighted by Gasteiger charge is -2.35. The number of pyridine rings is 1. The van der Waals surface area contributed by atoms with Crippen LogP contribution in [0, 0.1) is 5.92 Å². The number of benzene rings is 1. The molecular weight excluding hydrogens is 366 g/mol. The van der Waals surface area contributed by atoms with Crippen molar-refractivity contribution in [1.82, 2.24) is 14.4 Å². The maximum absolute atomic E-state index is 12.5. The molecule has 1 fully saturated rings. The number of likely N-dealkylation sites (tertiary alicyclic amines) is 1. The highest BCUT2D eigenvalue weighted by molar-refractivity contribution is 5.75. The van der Waals surface area contributed by atoms with E-state index in [1.165, 1.54) is 16.2 Å². The molecular formula is C23H31N3O3. The van der Waals surface area contributed by atoms with Crippen molar-refractivity contribution in [1.29, 1.82) is 0 Å². The van der Waals surface area contributed by atoms with Gasteiger partial charge in [0, 0.05) is 38.9 Å². The van der Waals surface area contributed by atoms with Gasteiger partial charge in [0.25, 0.3) is 5.56 Å². The van der Waals surface area contributed by atoms with Gasteiger partial charge >= 0.3 is 0 Å². The average Bonchev–Trinajstić information content (AvgIpc) is 2.74. The Bertz CT molecular complexity index is 864. The number of methoxy groups -OCH3 is 1. The Morgan fingerprint density at radius 1 is 1.21 bits per heavy atom. The number of carbonyl (C=O) groups is 1. The molecule has 1 aromatic carbocycles. The van der Waals surface area contributed by atoms with Crippen molar-refractivity contribution in [2.45, 2.75) is 25.8 Å². The van der Waals surface area contributed by atoms with E-state index in [2.05, 4.69) is 17.0 Å². The van der Waals surface area contributed by atoms with E-state index in [1.807, 2.05) is 19.2 Å².